The lowest BCUT2D eigenvalue weighted by Gasteiger charge is -2.24. The first-order valence-corrected chi connectivity index (χ1v) is 19.6. The molecule has 1 aromatic heterocycles. The fourth-order valence-electron chi connectivity index (χ4n) is 9.17. The predicted octanol–water partition coefficient (Wildman–Crippen LogP) is 14.0. The first-order chi connectivity index (χ1) is 28.0. The number of nitrogens with zero attached hydrogens (tertiary/aromatic N) is 3. The van der Waals surface area contributed by atoms with Gasteiger partial charge in [-0.1, -0.05) is 190 Å². The molecule has 0 aliphatic heterocycles. The second-order valence-electron chi connectivity index (χ2n) is 15.6. The van der Waals surface area contributed by atoms with Crippen LogP contribution in [-0.2, 0) is 5.41 Å². The Morgan fingerprint density at radius 2 is 0.930 bits per heavy atom. The summed E-state index contributed by atoms with van der Waals surface area (Å²) in [7, 11) is 0. The van der Waals surface area contributed by atoms with Crippen molar-refractivity contribution < 1.29 is 0 Å². The molecule has 1 heterocycles. The van der Waals surface area contributed by atoms with Gasteiger partial charge in [-0.15, -0.1) is 0 Å². The van der Waals surface area contributed by atoms with Crippen molar-refractivity contribution in [2.45, 2.75) is 19.3 Å². The molecule has 1 aliphatic rings. The third-order valence-electron chi connectivity index (χ3n) is 11.9. The fourth-order valence-corrected chi connectivity index (χ4v) is 9.17. The summed E-state index contributed by atoms with van der Waals surface area (Å²) in [5.41, 5.74) is 12.4. The van der Waals surface area contributed by atoms with Crippen molar-refractivity contribution in [2.24, 2.45) is 0 Å². The zero-order valence-corrected chi connectivity index (χ0v) is 31.7. The average Bonchev–Trinajstić information content (AvgIpc) is 3.51. The second kappa shape index (κ2) is 12.9. The Kier molecular flexibility index (Phi) is 7.52. The van der Waals surface area contributed by atoms with Crippen LogP contribution < -0.4 is 0 Å². The van der Waals surface area contributed by atoms with Gasteiger partial charge in [0.25, 0.3) is 0 Å². The third kappa shape index (κ3) is 5.38. The van der Waals surface area contributed by atoms with Gasteiger partial charge in [0, 0.05) is 22.1 Å². The highest BCUT2D eigenvalue weighted by molar-refractivity contribution is 6.20. The zero-order chi connectivity index (χ0) is 38.1. The monoisotopic (exact) mass is 727 g/mol. The van der Waals surface area contributed by atoms with Gasteiger partial charge in [-0.3, -0.25) is 0 Å². The van der Waals surface area contributed by atoms with Crippen LogP contribution in [0.5, 0.6) is 0 Å². The summed E-state index contributed by atoms with van der Waals surface area (Å²) in [6, 6.07) is 67.3. The van der Waals surface area contributed by atoms with E-state index in [1.807, 2.05) is 6.07 Å². The summed E-state index contributed by atoms with van der Waals surface area (Å²) in [5.74, 6) is 1.97. The average molecular weight is 728 g/mol. The van der Waals surface area contributed by atoms with E-state index in [1.54, 1.807) is 0 Å². The Bertz CT molecular complexity index is 3200. The van der Waals surface area contributed by atoms with E-state index >= 15 is 0 Å². The quantitative estimate of drug-likeness (QED) is 0.131. The van der Waals surface area contributed by atoms with E-state index in [2.05, 4.69) is 196 Å². The minimum absolute atomic E-state index is 0.225. The van der Waals surface area contributed by atoms with Crippen molar-refractivity contribution in [3.8, 4) is 67.5 Å². The topological polar surface area (TPSA) is 38.7 Å². The highest BCUT2D eigenvalue weighted by atomic mass is 15.0. The zero-order valence-electron chi connectivity index (χ0n) is 31.7. The van der Waals surface area contributed by atoms with Gasteiger partial charge in [0.1, 0.15) is 0 Å². The molecular formula is C54H37N3. The molecule has 268 valence electrons. The molecule has 10 aromatic rings. The van der Waals surface area contributed by atoms with Gasteiger partial charge in [-0.05, 0) is 89.0 Å². The molecule has 3 heteroatoms. The van der Waals surface area contributed by atoms with E-state index in [4.69, 9.17) is 15.0 Å². The first kappa shape index (κ1) is 33.1. The summed E-state index contributed by atoms with van der Waals surface area (Å²) in [6.07, 6.45) is 0. The predicted molar refractivity (Wildman–Crippen MR) is 237 cm³/mol. The number of hydrogen-bond acceptors (Lipinski definition) is 3. The molecule has 0 bridgehead atoms. The number of aromatic nitrogens is 3. The smallest absolute Gasteiger partial charge is 0.164 e. The van der Waals surface area contributed by atoms with Gasteiger partial charge in [-0.25, -0.2) is 15.0 Å². The molecule has 0 saturated heterocycles. The summed E-state index contributed by atoms with van der Waals surface area (Å²) in [4.78, 5) is 15.8. The van der Waals surface area contributed by atoms with Crippen molar-refractivity contribution in [3.05, 3.63) is 199 Å². The maximum absolute atomic E-state index is 5.30. The van der Waals surface area contributed by atoms with Gasteiger partial charge in [0.15, 0.2) is 17.5 Å². The number of benzene rings is 9. The van der Waals surface area contributed by atoms with Gasteiger partial charge in [-0.2, -0.15) is 0 Å². The lowest BCUT2D eigenvalue weighted by atomic mass is 9.80. The first-order valence-electron chi connectivity index (χ1n) is 19.6. The van der Waals surface area contributed by atoms with Gasteiger partial charge < -0.3 is 0 Å². The molecule has 0 saturated carbocycles. The highest BCUT2D eigenvalue weighted by Gasteiger charge is 2.38. The molecule has 1 aliphatic carbocycles. The van der Waals surface area contributed by atoms with Crippen LogP contribution >= 0.6 is 0 Å². The fraction of sp³-hybridized carbons (Fsp3) is 0.0556. The Morgan fingerprint density at radius 3 is 1.77 bits per heavy atom. The van der Waals surface area contributed by atoms with Crippen LogP contribution in [0.1, 0.15) is 25.0 Å². The summed E-state index contributed by atoms with van der Waals surface area (Å²) in [6.45, 7) is 4.62. The molecule has 3 nitrogen and oxygen atoms in total. The SMILES string of the molecule is CC1(C)c2ccccc2-c2cccc(-c3nc(-c4ccc(-c5c6ccccc6cc6c5ccc5ccccc56)cc4)nc(-c4cccc(-c5ccccc5)c4)n3)c21. The van der Waals surface area contributed by atoms with Crippen LogP contribution in [0.25, 0.3) is 99.9 Å². The van der Waals surface area contributed by atoms with Crippen LogP contribution in [0.2, 0.25) is 0 Å². The van der Waals surface area contributed by atoms with Crippen molar-refractivity contribution in [3.63, 3.8) is 0 Å². The molecule has 0 unspecified atom stereocenters. The molecule has 9 aromatic carbocycles. The lowest BCUT2D eigenvalue weighted by molar-refractivity contribution is 0.661. The van der Waals surface area contributed by atoms with E-state index < -0.39 is 0 Å². The third-order valence-corrected chi connectivity index (χ3v) is 11.9. The number of rotatable bonds is 5. The number of fused-ring (bicyclic) bond motifs is 7. The number of hydrogen-bond donors (Lipinski definition) is 0. The van der Waals surface area contributed by atoms with Crippen molar-refractivity contribution >= 4 is 32.3 Å². The highest BCUT2D eigenvalue weighted by Crippen LogP contribution is 2.52. The summed E-state index contributed by atoms with van der Waals surface area (Å²) in [5, 5.41) is 7.47. The van der Waals surface area contributed by atoms with E-state index in [1.165, 1.54) is 60.1 Å². The lowest BCUT2D eigenvalue weighted by Crippen LogP contribution is -2.17. The van der Waals surface area contributed by atoms with E-state index in [0.717, 1.165) is 33.4 Å². The van der Waals surface area contributed by atoms with Crippen LogP contribution in [0.15, 0.2) is 188 Å². The largest absolute Gasteiger partial charge is 0.208 e. The van der Waals surface area contributed by atoms with Gasteiger partial charge >= 0.3 is 0 Å². The van der Waals surface area contributed by atoms with Crippen molar-refractivity contribution in [1.29, 1.82) is 0 Å². The van der Waals surface area contributed by atoms with Crippen LogP contribution in [0.3, 0.4) is 0 Å². The van der Waals surface area contributed by atoms with Crippen LogP contribution in [0.4, 0.5) is 0 Å². The normalized spacial score (nSPS) is 12.9. The van der Waals surface area contributed by atoms with E-state index in [0.29, 0.717) is 17.5 Å². The second-order valence-corrected chi connectivity index (χ2v) is 15.6. The Labute approximate surface area is 332 Å². The van der Waals surface area contributed by atoms with Crippen molar-refractivity contribution in [1.82, 2.24) is 15.0 Å². The van der Waals surface area contributed by atoms with Crippen LogP contribution in [0, 0.1) is 0 Å². The maximum Gasteiger partial charge on any atom is 0.164 e. The Hall–Kier alpha value is -7.23. The standard InChI is InChI=1S/C54H37N3/c1-54(2)48-25-11-10-22-43(48)45-23-13-24-46(50(45)54)53-56-51(55-52(57-53)40-19-12-18-38(32-40)34-14-4-3-5-15-34)37-28-26-36(27-29-37)49-42-21-9-7-17-39(42)33-47-41-20-8-6-16-35(41)30-31-44(47)49/h3-33H,1-2H3. The molecule has 0 amide bonds. The molecule has 0 N–H and O–H groups in total. The van der Waals surface area contributed by atoms with Gasteiger partial charge in [0.2, 0.25) is 0 Å². The molecular weight excluding hydrogens is 691 g/mol. The van der Waals surface area contributed by atoms with E-state index in [-0.39, 0.29) is 5.41 Å². The minimum Gasteiger partial charge on any atom is -0.208 e. The Morgan fingerprint density at radius 1 is 0.333 bits per heavy atom. The maximum atomic E-state index is 5.30. The summed E-state index contributed by atoms with van der Waals surface area (Å²) >= 11 is 0. The van der Waals surface area contributed by atoms with Gasteiger partial charge in [0.05, 0.1) is 0 Å². The molecule has 0 radical (unpaired) electrons. The van der Waals surface area contributed by atoms with Crippen LogP contribution in [-0.4, -0.2) is 15.0 Å². The molecule has 0 atom stereocenters. The van der Waals surface area contributed by atoms with Crippen molar-refractivity contribution in [2.75, 3.05) is 0 Å². The molecule has 0 spiro atoms. The minimum atomic E-state index is -0.225. The molecule has 0 fully saturated rings. The summed E-state index contributed by atoms with van der Waals surface area (Å²) < 4.78 is 0. The van der Waals surface area contributed by atoms with E-state index in [9.17, 15) is 0 Å². The molecule has 57 heavy (non-hydrogen) atoms. The molecule has 11 rings (SSSR count). The Balaban J connectivity index is 1.09.